The molecular formula is C76H72N8O8. The second-order valence-corrected chi connectivity index (χ2v) is 25.1. The quantitative estimate of drug-likeness (QED) is 0.0908. The van der Waals surface area contributed by atoms with Gasteiger partial charge in [-0.2, -0.15) is 20.4 Å². The molecule has 8 bridgehead atoms. The van der Waals surface area contributed by atoms with Gasteiger partial charge in [0.15, 0.2) is 0 Å². The average molecular weight is 1230 g/mol. The first-order valence-corrected chi connectivity index (χ1v) is 32.9. The largest absolute Gasteiger partial charge is 0.457 e. The zero-order chi connectivity index (χ0) is 61.6. The highest BCUT2D eigenvalue weighted by Crippen LogP contribution is 2.55. The molecule has 8 aromatic carbocycles. The van der Waals surface area contributed by atoms with Crippen LogP contribution < -0.4 is 37.9 Å². The van der Waals surface area contributed by atoms with Crippen LogP contribution in [-0.4, -0.2) is 66.3 Å². The summed E-state index contributed by atoms with van der Waals surface area (Å²) in [6.07, 6.45) is 16.4. The van der Waals surface area contributed by atoms with Gasteiger partial charge < -0.3 is 37.9 Å². The fourth-order valence-electron chi connectivity index (χ4n) is 15.9. The molecule has 0 atom stereocenters. The zero-order valence-corrected chi connectivity index (χ0v) is 52.5. The van der Waals surface area contributed by atoms with Crippen molar-refractivity contribution in [3.63, 3.8) is 0 Å². The van der Waals surface area contributed by atoms with Crippen LogP contribution in [0.25, 0.3) is 43.6 Å². The van der Waals surface area contributed by atoms with Gasteiger partial charge in [0.2, 0.25) is 27.2 Å². The van der Waals surface area contributed by atoms with Gasteiger partial charge in [-0.15, -0.1) is 0 Å². The molecule has 0 unspecified atom stereocenters. The number of rotatable bonds is 16. The number of benzene rings is 8. The van der Waals surface area contributed by atoms with Crippen molar-refractivity contribution >= 4 is 43.6 Å². The molecule has 4 aromatic heterocycles. The Morgan fingerprint density at radius 2 is 0.467 bits per heavy atom. The molecule has 92 heavy (non-hydrogen) atoms. The van der Waals surface area contributed by atoms with E-state index in [1.54, 1.807) is 0 Å². The molecule has 16 nitrogen and oxygen atoms in total. The lowest BCUT2D eigenvalue weighted by Gasteiger charge is -2.36. The van der Waals surface area contributed by atoms with Crippen LogP contribution in [-0.2, 0) is 77.5 Å². The predicted octanol–water partition coefficient (Wildman–Crippen LogP) is 14.7. The highest BCUT2D eigenvalue weighted by molar-refractivity contribution is 5.82. The standard InChI is InChI=1S/C76H72N8O8/c1-5-17-49-53-29-55-50(18-6-2)57-31-59-52(20-8-4)60-32-58-51(19-7-3)56-30-54(49)70-61(37-81-65-25-13-9-21-45(65)33-77-81)69(53)85-41-87-71(55)62(38-82-66-26-14-10-22-46(66)34-78-82)73(57)89-43-91-75(59)64(40-84-68-28-16-12-24-48(68)36-80-84)76(60)92-44-90-74(58)63(72(56)88-42-86-70)39-83-67-27-15-11-23-47(67)35-79-83/h9-16,21-28,33-36H,5-8,17-20,29-32,37-44H2,1-4H3. The number of aromatic nitrogens is 8. The highest BCUT2D eigenvalue weighted by Gasteiger charge is 2.40. The molecular weight excluding hydrogens is 1150 g/mol. The molecule has 16 heteroatoms. The minimum atomic E-state index is -0.0798. The molecule has 0 radical (unpaired) electrons. The maximum atomic E-state index is 7.33. The van der Waals surface area contributed by atoms with Crippen LogP contribution in [0, 0.1) is 0 Å². The van der Waals surface area contributed by atoms with Gasteiger partial charge in [0.05, 0.1) is 95.3 Å². The Morgan fingerprint density at radius 1 is 0.272 bits per heavy atom. The number of nitrogens with zero attached hydrogens (tertiary/aromatic N) is 8. The molecule has 0 fully saturated rings. The number of para-hydroxylation sites is 4. The smallest absolute Gasteiger partial charge is 0.230 e. The Labute approximate surface area is 533 Å². The Kier molecular flexibility index (Phi) is 14.1. The fourth-order valence-corrected chi connectivity index (χ4v) is 15.9. The third-order valence-corrected chi connectivity index (χ3v) is 19.8. The van der Waals surface area contributed by atoms with E-state index in [-0.39, 0.29) is 27.2 Å². The molecule has 0 saturated carbocycles. The van der Waals surface area contributed by atoms with Crippen molar-refractivity contribution in [1.29, 1.82) is 0 Å². The third kappa shape index (κ3) is 9.13. The van der Waals surface area contributed by atoms with E-state index in [0.29, 0.717) is 51.9 Å². The van der Waals surface area contributed by atoms with E-state index >= 15 is 0 Å². The van der Waals surface area contributed by atoms with Crippen LogP contribution >= 0.6 is 0 Å². The van der Waals surface area contributed by atoms with E-state index in [4.69, 9.17) is 58.3 Å². The lowest BCUT2D eigenvalue weighted by molar-refractivity contribution is 0.0955. The van der Waals surface area contributed by atoms with E-state index in [0.717, 1.165) is 208 Å². The van der Waals surface area contributed by atoms with Crippen LogP contribution in [0.5, 0.6) is 46.0 Å². The molecule has 8 heterocycles. The van der Waals surface area contributed by atoms with Gasteiger partial charge >= 0.3 is 0 Å². The minimum Gasteiger partial charge on any atom is -0.457 e. The minimum absolute atomic E-state index is 0.0798. The maximum absolute atomic E-state index is 7.33. The summed E-state index contributed by atoms with van der Waals surface area (Å²) in [7, 11) is 0. The first-order valence-electron chi connectivity index (χ1n) is 32.9. The third-order valence-electron chi connectivity index (χ3n) is 19.8. The molecule has 1 aliphatic carbocycles. The van der Waals surface area contributed by atoms with Gasteiger partial charge in [-0.25, -0.2) is 0 Å². The van der Waals surface area contributed by atoms with Crippen molar-refractivity contribution in [2.45, 2.75) is 131 Å². The van der Waals surface area contributed by atoms with Gasteiger partial charge in [0, 0.05) is 91.7 Å². The van der Waals surface area contributed by atoms with Crippen molar-refractivity contribution in [2.24, 2.45) is 0 Å². The first-order chi connectivity index (χ1) is 45.5. The molecule has 5 aliphatic rings. The van der Waals surface area contributed by atoms with Crippen molar-refractivity contribution in [3.8, 4) is 46.0 Å². The second kappa shape index (κ2) is 23.1. The van der Waals surface area contributed by atoms with Gasteiger partial charge in [-0.1, -0.05) is 126 Å². The average Bonchev–Trinajstić information content (AvgIpc) is 0.825. The van der Waals surface area contributed by atoms with E-state index in [1.165, 1.54) is 22.3 Å². The Morgan fingerprint density at radius 3 is 0.663 bits per heavy atom. The zero-order valence-electron chi connectivity index (χ0n) is 52.5. The van der Waals surface area contributed by atoms with Crippen molar-refractivity contribution in [2.75, 3.05) is 27.2 Å². The lowest BCUT2D eigenvalue weighted by atomic mass is 9.78. The van der Waals surface area contributed by atoms with Crippen LogP contribution in [0.1, 0.15) is 142 Å². The molecule has 17 rings (SSSR count). The van der Waals surface area contributed by atoms with E-state index in [1.807, 2.05) is 24.8 Å². The van der Waals surface area contributed by atoms with E-state index in [2.05, 4.69) is 143 Å². The summed E-state index contributed by atoms with van der Waals surface area (Å²) in [6, 6.07) is 33.6. The van der Waals surface area contributed by atoms with Gasteiger partial charge in [0.25, 0.3) is 0 Å². The maximum Gasteiger partial charge on any atom is 0.230 e. The summed E-state index contributed by atoms with van der Waals surface area (Å²) in [4.78, 5) is 0. The summed E-state index contributed by atoms with van der Waals surface area (Å²) in [5.41, 5.74) is 21.5. The summed E-state index contributed by atoms with van der Waals surface area (Å²) < 4.78 is 66.9. The molecule has 464 valence electrons. The molecule has 12 aromatic rings. The summed E-state index contributed by atoms with van der Waals surface area (Å²) in [5, 5.41) is 24.6. The van der Waals surface area contributed by atoms with Crippen LogP contribution in [0.15, 0.2) is 122 Å². The van der Waals surface area contributed by atoms with E-state index in [9.17, 15) is 0 Å². The topological polar surface area (TPSA) is 145 Å². The Hall–Kier alpha value is -9.96. The lowest BCUT2D eigenvalue weighted by Crippen LogP contribution is -2.26. The normalized spacial score (nSPS) is 14.3. The summed E-state index contributed by atoms with van der Waals surface area (Å²) in [6.45, 7) is 10.3. The molecule has 0 spiro atoms. The fraction of sp³-hybridized carbons (Fsp3) is 0.316. The van der Waals surface area contributed by atoms with Crippen molar-refractivity contribution in [3.05, 3.63) is 211 Å². The van der Waals surface area contributed by atoms with Gasteiger partial charge in [0.1, 0.15) is 46.0 Å². The van der Waals surface area contributed by atoms with E-state index < -0.39 is 0 Å². The second-order valence-electron chi connectivity index (χ2n) is 25.1. The first kappa shape index (κ1) is 56.1. The molecule has 0 saturated heterocycles. The Bertz CT molecular complexity index is 4200. The SMILES string of the molecule is CCCc1c2c3c(Cn4ncc5ccccc54)c4c1Cc1c(CCC)c5c(c(Cn6ncc7ccccc76)c1OCO4)OCOc1c(c(CCC)c4c(c1Cn1ncc6ccccc61)OCOc1c(c(CCC)c(c(c1Cn1ncc6ccccc61)OCO3)C2)C4)C5. The highest BCUT2D eigenvalue weighted by atomic mass is 16.7. The summed E-state index contributed by atoms with van der Waals surface area (Å²) in [5.74, 6) is 6.06. The number of ether oxygens (including phenoxy) is 8. The Balaban J connectivity index is 1.02. The number of hydrogen-bond acceptors (Lipinski definition) is 12. The molecule has 0 N–H and O–H groups in total. The predicted molar refractivity (Wildman–Crippen MR) is 353 cm³/mol. The van der Waals surface area contributed by atoms with Crippen LogP contribution in [0.2, 0.25) is 0 Å². The van der Waals surface area contributed by atoms with Crippen molar-refractivity contribution < 1.29 is 37.9 Å². The monoisotopic (exact) mass is 1220 g/mol. The van der Waals surface area contributed by atoms with Crippen LogP contribution in [0.3, 0.4) is 0 Å². The van der Waals surface area contributed by atoms with Crippen LogP contribution in [0.4, 0.5) is 0 Å². The van der Waals surface area contributed by atoms with Crippen molar-refractivity contribution in [1.82, 2.24) is 39.1 Å². The molecule has 0 amide bonds. The number of hydrogen-bond donors (Lipinski definition) is 0. The van der Waals surface area contributed by atoms with Gasteiger partial charge in [-0.3, -0.25) is 18.7 Å². The summed E-state index contributed by atoms with van der Waals surface area (Å²) >= 11 is 0. The number of fused-ring (bicyclic) bond motifs is 4. The molecule has 4 aliphatic heterocycles. The van der Waals surface area contributed by atoms with Gasteiger partial charge in [-0.05, 0) is 72.2 Å².